The number of benzene rings is 2. The summed E-state index contributed by atoms with van der Waals surface area (Å²) in [5.41, 5.74) is 4.89. The fraction of sp³-hybridized carbons (Fsp3) is 0.304. The number of aryl methyl sites for hydroxylation is 1. The Labute approximate surface area is 164 Å². The molecular formula is C23H24FN3O. The first-order valence-corrected chi connectivity index (χ1v) is 9.63. The van der Waals surface area contributed by atoms with Crippen LogP contribution in [0.5, 0.6) is 0 Å². The summed E-state index contributed by atoms with van der Waals surface area (Å²) in [6.45, 7) is 6.12. The van der Waals surface area contributed by atoms with E-state index in [0.29, 0.717) is 5.52 Å². The van der Waals surface area contributed by atoms with E-state index < -0.39 is 0 Å². The van der Waals surface area contributed by atoms with Crippen LogP contribution in [0.1, 0.15) is 24.5 Å². The highest BCUT2D eigenvalue weighted by Crippen LogP contribution is 2.28. The van der Waals surface area contributed by atoms with Gasteiger partial charge in [-0.3, -0.25) is 9.69 Å². The van der Waals surface area contributed by atoms with Crippen molar-refractivity contribution in [2.75, 3.05) is 13.1 Å². The maximum Gasteiger partial charge on any atom is 0.217 e. The van der Waals surface area contributed by atoms with E-state index in [1.165, 1.54) is 17.7 Å². The Hall–Kier alpha value is -2.79. The molecule has 1 atom stereocenters. The van der Waals surface area contributed by atoms with Gasteiger partial charge in [-0.2, -0.15) is 0 Å². The Kier molecular flexibility index (Phi) is 5.09. The molecule has 2 aromatic carbocycles. The van der Waals surface area contributed by atoms with E-state index in [-0.39, 0.29) is 17.8 Å². The van der Waals surface area contributed by atoms with E-state index >= 15 is 0 Å². The smallest absolute Gasteiger partial charge is 0.217 e. The van der Waals surface area contributed by atoms with Crippen molar-refractivity contribution in [2.45, 2.75) is 32.9 Å². The van der Waals surface area contributed by atoms with E-state index in [9.17, 15) is 9.18 Å². The summed E-state index contributed by atoms with van der Waals surface area (Å²) in [5.74, 6) is -0.262. The number of rotatable bonds is 4. The Morgan fingerprint density at radius 3 is 2.75 bits per heavy atom. The van der Waals surface area contributed by atoms with Gasteiger partial charge in [-0.1, -0.05) is 29.8 Å². The second-order valence-corrected chi connectivity index (χ2v) is 7.62. The van der Waals surface area contributed by atoms with Gasteiger partial charge in [-0.05, 0) is 37.1 Å². The first-order chi connectivity index (χ1) is 13.5. The highest BCUT2D eigenvalue weighted by Gasteiger charge is 2.24. The fourth-order valence-corrected chi connectivity index (χ4v) is 3.89. The Morgan fingerprint density at radius 2 is 2.00 bits per heavy atom. The molecule has 0 aliphatic carbocycles. The van der Waals surface area contributed by atoms with Gasteiger partial charge in [-0.25, -0.2) is 9.37 Å². The normalized spacial score (nSPS) is 17.2. The summed E-state index contributed by atoms with van der Waals surface area (Å²) in [5, 5.41) is 3.94. The average Bonchev–Trinajstić information content (AvgIpc) is 3.08. The molecule has 0 saturated carbocycles. The van der Waals surface area contributed by atoms with Crippen LogP contribution in [0.15, 0.2) is 48.5 Å². The van der Waals surface area contributed by atoms with Gasteiger partial charge in [0.2, 0.25) is 5.91 Å². The van der Waals surface area contributed by atoms with Crippen LogP contribution in [0.2, 0.25) is 0 Å². The number of hydrogen-bond donors (Lipinski definition) is 1. The van der Waals surface area contributed by atoms with Crippen LogP contribution in [0, 0.1) is 12.7 Å². The summed E-state index contributed by atoms with van der Waals surface area (Å²) < 4.78 is 13.7. The quantitative estimate of drug-likeness (QED) is 0.746. The number of hydrogen-bond acceptors (Lipinski definition) is 3. The lowest BCUT2D eigenvalue weighted by Gasteiger charge is -2.19. The minimum atomic E-state index is -0.278. The molecule has 2 heterocycles. The zero-order chi connectivity index (χ0) is 19.7. The first kappa shape index (κ1) is 18.6. The van der Waals surface area contributed by atoms with E-state index in [1.807, 2.05) is 0 Å². The second kappa shape index (κ2) is 7.68. The van der Waals surface area contributed by atoms with Gasteiger partial charge in [0.1, 0.15) is 5.82 Å². The lowest BCUT2D eigenvalue weighted by atomic mass is 10.0. The number of halogens is 1. The Bertz CT molecular complexity index is 1020. The number of amides is 1. The first-order valence-electron chi connectivity index (χ1n) is 9.63. The summed E-state index contributed by atoms with van der Waals surface area (Å²) in [4.78, 5) is 18.5. The summed E-state index contributed by atoms with van der Waals surface area (Å²) in [6, 6.07) is 15.3. The molecule has 0 radical (unpaired) electrons. The molecule has 1 aromatic heterocycles. The van der Waals surface area contributed by atoms with Gasteiger partial charge >= 0.3 is 0 Å². The number of nitrogens with zero attached hydrogens (tertiary/aromatic N) is 2. The molecule has 0 bridgehead atoms. The Morgan fingerprint density at radius 1 is 1.21 bits per heavy atom. The largest absolute Gasteiger partial charge is 0.352 e. The van der Waals surface area contributed by atoms with Gasteiger partial charge < -0.3 is 5.32 Å². The van der Waals surface area contributed by atoms with Crippen molar-refractivity contribution in [3.8, 4) is 11.3 Å². The minimum Gasteiger partial charge on any atom is -0.352 e. The van der Waals surface area contributed by atoms with E-state index in [0.717, 1.165) is 48.3 Å². The summed E-state index contributed by atoms with van der Waals surface area (Å²) in [6.07, 6.45) is 0.950. The lowest BCUT2D eigenvalue weighted by Crippen LogP contribution is -2.35. The van der Waals surface area contributed by atoms with Crippen molar-refractivity contribution < 1.29 is 9.18 Å². The van der Waals surface area contributed by atoms with Gasteiger partial charge in [0.05, 0.1) is 11.2 Å². The highest BCUT2D eigenvalue weighted by atomic mass is 19.1. The maximum absolute atomic E-state index is 13.7. The van der Waals surface area contributed by atoms with Crippen molar-refractivity contribution in [1.29, 1.82) is 0 Å². The van der Waals surface area contributed by atoms with E-state index in [2.05, 4.69) is 47.5 Å². The number of likely N-dealkylation sites (tertiary alicyclic amines) is 1. The predicted molar refractivity (Wildman–Crippen MR) is 109 cm³/mol. The number of fused-ring (bicyclic) bond motifs is 1. The molecule has 5 heteroatoms. The number of carbonyl (C=O) groups is 1. The number of nitrogens with one attached hydrogen (secondary N) is 1. The second-order valence-electron chi connectivity index (χ2n) is 7.62. The molecular weight excluding hydrogens is 353 g/mol. The van der Waals surface area contributed by atoms with Crippen molar-refractivity contribution in [3.63, 3.8) is 0 Å². The lowest BCUT2D eigenvalue weighted by molar-refractivity contribution is -0.119. The zero-order valence-electron chi connectivity index (χ0n) is 16.2. The third-order valence-corrected chi connectivity index (χ3v) is 5.26. The van der Waals surface area contributed by atoms with Crippen molar-refractivity contribution in [1.82, 2.24) is 15.2 Å². The van der Waals surface area contributed by atoms with E-state index in [1.54, 1.807) is 13.0 Å². The van der Waals surface area contributed by atoms with Gasteiger partial charge in [0.15, 0.2) is 0 Å². The third-order valence-electron chi connectivity index (χ3n) is 5.26. The molecule has 1 amide bonds. The molecule has 1 aliphatic heterocycles. The molecule has 0 unspecified atom stereocenters. The van der Waals surface area contributed by atoms with Crippen LogP contribution in [-0.2, 0) is 11.3 Å². The van der Waals surface area contributed by atoms with Gasteiger partial charge in [0, 0.05) is 49.6 Å². The molecule has 1 fully saturated rings. The molecule has 4 rings (SSSR count). The molecule has 3 aromatic rings. The molecule has 28 heavy (non-hydrogen) atoms. The molecule has 0 spiro atoms. The number of aromatic nitrogens is 1. The van der Waals surface area contributed by atoms with Crippen LogP contribution < -0.4 is 5.32 Å². The predicted octanol–water partition coefficient (Wildman–Crippen LogP) is 4.06. The van der Waals surface area contributed by atoms with Gasteiger partial charge in [-0.15, -0.1) is 0 Å². The number of pyridine rings is 1. The van der Waals surface area contributed by atoms with Crippen molar-refractivity contribution in [2.24, 2.45) is 0 Å². The van der Waals surface area contributed by atoms with Crippen LogP contribution in [0.25, 0.3) is 22.2 Å². The fourth-order valence-electron chi connectivity index (χ4n) is 3.89. The van der Waals surface area contributed by atoms with Crippen LogP contribution in [-0.4, -0.2) is 34.9 Å². The number of carbonyl (C=O) groups excluding carboxylic acids is 1. The molecule has 1 N–H and O–H groups in total. The molecule has 144 valence electrons. The van der Waals surface area contributed by atoms with Gasteiger partial charge in [0.25, 0.3) is 0 Å². The monoisotopic (exact) mass is 377 g/mol. The third kappa shape index (κ3) is 4.04. The minimum absolute atomic E-state index is 0.0154. The van der Waals surface area contributed by atoms with Crippen molar-refractivity contribution >= 4 is 16.8 Å². The average molecular weight is 377 g/mol. The van der Waals surface area contributed by atoms with E-state index in [4.69, 9.17) is 4.98 Å². The topological polar surface area (TPSA) is 45.2 Å². The summed E-state index contributed by atoms with van der Waals surface area (Å²) in [7, 11) is 0. The van der Waals surface area contributed by atoms with Crippen LogP contribution in [0.4, 0.5) is 4.39 Å². The summed E-state index contributed by atoms with van der Waals surface area (Å²) >= 11 is 0. The van der Waals surface area contributed by atoms with Crippen molar-refractivity contribution in [3.05, 3.63) is 65.5 Å². The molecule has 1 aliphatic rings. The van der Waals surface area contributed by atoms with Crippen LogP contribution in [0.3, 0.4) is 0 Å². The van der Waals surface area contributed by atoms with Crippen LogP contribution >= 0.6 is 0 Å². The zero-order valence-corrected chi connectivity index (χ0v) is 16.2. The molecule has 1 saturated heterocycles. The Balaban J connectivity index is 1.69. The SMILES string of the molecule is CC(=O)N[C@H]1CCN(Cc2cc3ccc(F)cc3nc2-c2ccc(C)cc2)C1. The highest BCUT2D eigenvalue weighted by molar-refractivity contribution is 5.83. The molecule has 4 nitrogen and oxygen atoms in total. The standard InChI is InChI=1S/C23H24FN3O/c1-15-3-5-17(6-4-15)23-19(11-18-7-8-20(24)12-22(18)26-23)13-27-10-9-21(14-27)25-16(2)28/h3-8,11-12,21H,9-10,13-14H2,1-2H3,(H,25,28)/t21-/m0/s1. The maximum atomic E-state index is 13.7.